The second-order valence-corrected chi connectivity index (χ2v) is 6.23. The van der Waals surface area contributed by atoms with Gasteiger partial charge in [0.15, 0.2) is 0 Å². The number of amides is 1. The summed E-state index contributed by atoms with van der Waals surface area (Å²) < 4.78 is 2.19. The van der Waals surface area contributed by atoms with Crippen LogP contribution < -0.4 is 5.32 Å². The van der Waals surface area contributed by atoms with E-state index in [-0.39, 0.29) is 0 Å². The van der Waals surface area contributed by atoms with Crippen molar-refractivity contribution >= 4 is 5.91 Å². The molecule has 1 N–H and O–H groups in total. The number of rotatable bonds is 4. The zero-order valence-electron chi connectivity index (χ0n) is 12.8. The molecule has 0 unspecified atom stereocenters. The van der Waals surface area contributed by atoms with E-state index >= 15 is 0 Å². The van der Waals surface area contributed by atoms with E-state index in [1.165, 1.54) is 25.0 Å². The molecule has 3 heterocycles. The highest BCUT2D eigenvalue weighted by atomic mass is 16.2. The third-order valence-corrected chi connectivity index (χ3v) is 4.78. The lowest BCUT2D eigenvalue weighted by Gasteiger charge is -2.27. The lowest BCUT2D eigenvalue weighted by molar-refractivity contribution is -0.132. The van der Waals surface area contributed by atoms with Crippen molar-refractivity contribution in [1.82, 2.24) is 19.8 Å². The van der Waals surface area contributed by atoms with Crippen LogP contribution in [-0.4, -0.2) is 46.5 Å². The third-order valence-electron chi connectivity index (χ3n) is 4.78. The van der Waals surface area contributed by atoms with Crippen molar-refractivity contribution in [1.29, 1.82) is 0 Å². The van der Waals surface area contributed by atoms with Crippen molar-refractivity contribution in [2.75, 3.05) is 26.2 Å². The van der Waals surface area contributed by atoms with Crippen molar-refractivity contribution in [3.05, 3.63) is 18.2 Å². The third kappa shape index (κ3) is 3.64. The molecule has 5 nitrogen and oxygen atoms in total. The smallest absolute Gasteiger partial charge is 0.224 e. The van der Waals surface area contributed by atoms with E-state index in [0.717, 1.165) is 45.6 Å². The number of carbonyl (C=O) groups is 1. The summed E-state index contributed by atoms with van der Waals surface area (Å²) in [6, 6.07) is 0. The summed E-state index contributed by atoms with van der Waals surface area (Å²) in [5, 5.41) is 3.40. The van der Waals surface area contributed by atoms with Gasteiger partial charge in [0, 0.05) is 43.9 Å². The number of hydrogen-bond acceptors (Lipinski definition) is 3. The molecule has 5 heteroatoms. The molecule has 2 fully saturated rings. The number of nitrogens with one attached hydrogen (secondary N) is 1. The largest absolute Gasteiger partial charge is 0.343 e. The molecular weight excluding hydrogens is 264 g/mol. The minimum atomic E-state index is 0.305. The topological polar surface area (TPSA) is 50.2 Å². The van der Waals surface area contributed by atoms with Crippen LogP contribution in [0.15, 0.2) is 12.5 Å². The fourth-order valence-corrected chi connectivity index (χ4v) is 3.49. The fourth-order valence-electron chi connectivity index (χ4n) is 3.49. The maximum atomic E-state index is 12.3. The number of aromatic nitrogens is 2. The number of nitrogens with zero attached hydrogens (tertiary/aromatic N) is 3. The van der Waals surface area contributed by atoms with Crippen LogP contribution in [0.2, 0.25) is 0 Å². The second-order valence-electron chi connectivity index (χ2n) is 6.23. The van der Waals surface area contributed by atoms with Crippen molar-refractivity contribution in [3.63, 3.8) is 0 Å². The minimum absolute atomic E-state index is 0.305. The Labute approximate surface area is 126 Å². The number of piperidine rings is 2. The predicted molar refractivity (Wildman–Crippen MR) is 82.1 cm³/mol. The fraction of sp³-hybridized carbons (Fsp3) is 0.750. The van der Waals surface area contributed by atoms with Gasteiger partial charge in [-0.2, -0.15) is 0 Å². The van der Waals surface area contributed by atoms with Crippen molar-refractivity contribution in [2.45, 2.75) is 51.0 Å². The van der Waals surface area contributed by atoms with Gasteiger partial charge in [0.25, 0.3) is 0 Å². The van der Waals surface area contributed by atoms with Gasteiger partial charge in [0.2, 0.25) is 5.91 Å². The number of carbonyl (C=O) groups excluding carboxylic acids is 1. The molecule has 0 bridgehead atoms. The quantitative estimate of drug-likeness (QED) is 0.919. The molecule has 3 rings (SSSR count). The molecule has 0 spiro atoms. The van der Waals surface area contributed by atoms with Crippen LogP contribution in [0.4, 0.5) is 0 Å². The Hall–Kier alpha value is -1.36. The van der Waals surface area contributed by atoms with Crippen LogP contribution >= 0.6 is 0 Å². The van der Waals surface area contributed by atoms with Crippen molar-refractivity contribution in [3.8, 4) is 0 Å². The lowest BCUT2D eigenvalue weighted by atomic mass is 9.95. The molecule has 0 aromatic carbocycles. The van der Waals surface area contributed by atoms with Gasteiger partial charge in [-0.05, 0) is 45.2 Å². The molecule has 1 aromatic heterocycles. The average Bonchev–Trinajstić information content (AvgIpc) is 3.03. The molecule has 0 aliphatic carbocycles. The van der Waals surface area contributed by atoms with E-state index in [1.807, 2.05) is 17.4 Å². The van der Waals surface area contributed by atoms with E-state index in [0.29, 0.717) is 18.2 Å². The van der Waals surface area contributed by atoms with Crippen LogP contribution in [0.3, 0.4) is 0 Å². The maximum Gasteiger partial charge on any atom is 0.224 e. The molecule has 0 atom stereocenters. The SMILES string of the molecule is O=C(CCn1cncc1C1CCNCC1)N1CCCCC1. The molecule has 0 radical (unpaired) electrons. The average molecular weight is 290 g/mol. The molecule has 2 aliphatic heterocycles. The molecule has 2 aliphatic rings. The highest BCUT2D eigenvalue weighted by Gasteiger charge is 2.20. The van der Waals surface area contributed by atoms with E-state index < -0.39 is 0 Å². The van der Waals surface area contributed by atoms with Gasteiger partial charge in [-0.3, -0.25) is 4.79 Å². The molecule has 2 saturated heterocycles. The number of aryl methyl sites for hydroxylation is 1. The Morgan fingerprint density at radius 2 is 2.00 bits per heavy atom. The van der Waals surface area contributed by atoms with E-state index in [1.54, 1.807) is 0 Å². The van der Waals surface area contributed by atoms with Crippen molar-refractivity contribution < 1.29 is 4.79 Å². The van der Waals surface area contributed by atoms with E-state index in [2.05, 4.69) is 14.9 Å². The Bertz CT molecular complexity index is 459. The maximum absolute atomic E-state index is 12.3. The predicted octanol–water partition coefficient (Wildman–Crippen LogP) is 1.75. The highest BCUT2D eigenvalue weighted by molar-refractivity contribution is 5.76. The van der Waals surface area contributed by atoms with Gasteiger partial charge < -0.3 is 14.8 Å². The van der Waals surface area contributed by atoms with Gasteiger partial charge >= 0.3 is 0 Å². The number of likely N-dealkylation sites (tertiary alicyclic amines) is 1. The summed E-state index contributed by atoms with van der Waals surface area (Å²) in [4.78, 5) is 18.6. The van der Waals surface area contributed by atoms with E-state index in [9.17, 15) is 4.79 Å². The molecule has 1 amide bonds. The summed E-state index contributed by atoms with van der Waals surface area (Å²) in [5.74, 6) is 0.901. The monoisotopic (exact) mass is 290 g/mol. The van der Waals surface area contributed by atoms with Crippen LogP contribution in [0, 0.1) is 0 Å². The molecule has 1 aromatic rings. The standard InChI is InChI=1S/C16H26N4O/c21-16(19-9-2-1-3-10-19)6-11-20-13-18-12-15(20)14-4-7-17-8-5-14/h12-14,17H,1-11H2. The first-order valence-electron chi connectivity index (χ1n) is 8.33. The van der Waals surface area contributed by atoms with Gasteiger partial charge in [0.1, 0.15) is 0 Å². The van der Waals surface area contributed by atoms with Gasteiger partial charge in [-0.1, -0.05) is 0 Å². The lowest BCUT2D eigenvalue weighted by Crippen LogP contribution is -2.36. The molecule has 21 heavy (non-hydrogen) atoms. The number of imidazole rings is 1. The summed E-state index contributed by atoms with van der Waals surface area (Å²) in [5.41, 5.74) is 1.31. The second kappa shape index (κ2) is 7.07. The van der Waals surface area contributed by atoms with Crippen molar-refractivity contribution in [2.24, 2.45) is 0 Å². The molecular formula is C16H26N4O. The van der Waals surface area contributed by atoms with Crippen LogP contribution in [-0.2, 0) is 11.3 Å². The number of hydrogen-bond donors (Lipinski definition) is 1. The Morgan fingerprint density at radius 3 is 2.76 bits per heavy atom. The first kappa shape index (κ1) is 14.6. The summed E-state index contributed by atoms with van der Waals surface area (Å²) in [6.45, 7) is 4.84. The first-order chi connectivity index (χ1) is 10.3. The van der Waals surface area contributed by atoms with Gasteiger partial charge in [0.05, 0.1) is 6.33 Å². The Morgan fingerprint density at radius 1 is 1.24 bits per heavy atom. The zero-order valence-corrected chi connectivity index (χ0v) is 12.8. The normalized spacial score (nSPS) is 20.7. The van der Waals surface area contributed by atoms with Crippen LogP contribution in [0.25, 0.3) is 0 Å². The van der Waals surface area contributed by atoms with Gasteiger partial charge in [-0.25, -0.2) is 4.98 Å². The summed E-state index contributed by atoms with van der Waals surface area (Å²) >= 11 is 0. The minimum Gasteiger partial charge on any atom is -0.343 e. The highest BCUT2D eigenvalue weighted by Crippen LogP contribution is 2.25. The molecule has 0 saturated carbocycles. The summed E-state index contributed by atoms with van der Waals surface area (Å²) in [6.07, 6.45) is 10.4. The van der Waals surface area contributed by atoms with Gasteiger partial charge in [-0.15, -0.1) is 0 Å². The Balaban J connectivity index is 1.55. The first-order valence-corrected chi connectivity index (χ1v) is 8.33. The van der Waals surface area contributed by atoms with Crippen LogP contribution in [0.1, 0.15) is 50.1 Å². The zero-order chi connectivity index (χ0) is 14.5. The van der Waals surface area contributed by atoms with Crippen LogP contribution in [0.5, 0.6) is 0 Å². The molecule has 116 valence electrons. The summed E-state index contributed by atoms with van der Waals surface area (Å²) in [7, 11) is 0. The van der Waals surface area contributed by atoms with E-state index in [4.69, 9.17) is 0 Å². The Kier molecular flexibility index (Phi) is 4.91.